The number of nitrogens with zero attached hydrogens (tertiary/aromatic N) is 2. The number of ether oxygens (including phenoxy) is 1. The van der Waals surface area contributed by atoms with E-state index in [0.717, 1.165) is 13.1 Å². The molecule has 1 aromatic heterocycles. The maximum atomic E-state index is 12.0. The van der Waals surface area contributed by atoms with E-state index in [-0.39, 0.29) is 18.6 Å². The molecule has 0 aromatic carbocycles. The first-order valence-corrected chi connectivity index (χ1v) is 6.18. The summed E-state index contributed by atoms with van der Waals surface area (Å²) in [4.78, 5) is 13.9. The number of aryl methyl sites for hydroxylation is 1. The fourth-order valence-corrected chi connectivity index (χ4v) is 2.43. The average molecular weight is 236 g/mol. The van der Waals surface area contributed by atoms with Crippen LogP contribution in [0.15, 0.2) is 12.1 Å². The van der Waals surface area contributed by atoms with Gasteiger partial charge < -0.3 is 14.2 Å². The summed E-state index contributed by atoms with van der Waals surface area (Å²) >= 11 is 0. The lowest BCUT2D eigenvalue weighted by Crippen LogP contribution is -2.42. The van der Waals surface area contributed by atoms with Crippen molar-refractivity contribution >= 4 is 5.91 Å². The molecule has 0 fully saturated rings. The number of amides is 1. The van der Waals surface area contributed by atoms with Gasteiger partial charge in [0.2, 0.25) is 5.91 Å². The van der Waals surface area contributed by atoms with Gasteiger partial charge in [0, 0.05) is 31.1 Å². The zero-order chi connectivity index (χ0) is 12.4. The van der Waals surface area contributed by atoms with Crippen LogP contribution in [0.3, 0.4) is 0 Å². The number of carbonyl (C=O) groups is 1. The normalized spacial score (nSPS) is 19.2. The van der Waals surface area contributed by atoms with Gasteiger partial charge in [0.1, 0.15) is 6.61 Å². The van der Waals surface area contributed by atoms with Crippen LogP contribution in [0.5, 0.6) is 0 Å². The summed E-state index contributed by atoms with van der Waals surface area (Å²) in [5.41, 5.74) is 2.49. The summed E-state index contributed by atoms with van der Waals surface area (Å²) in [6.45, 7) is 8.53. The van der Waals surface area contributed by atoms with Gasteiger partial charge in [-0.15, -0.1) is 0 Å². The SMILES string of the molecule is CCOCC(=O)N1CCn2c(C)ccc2C1C. The van der Waals surface area contributed by atoms with Crippen molar-refractivity contribution in [2.45, 2.75) is 33.4 Å². The van der Waals surface area contributed by atoms with E-state index in [1.165, 1.54) is 11.4 Å². The average Bonchev–Trinajstić information content (AvgIpc) is 2.69. The largest absolute Gasteiger partial charge is 0.372 e. The maximum Gasteiger partial charge on any atom is 0.249 e. The van der Waals surface area contributed by atoms with E-state index in [4.69, 9.17) is 4.74 Å². The lowest BCUT2D eigenvalue weighted by molar-refractivity contribution is -0.139. The Kier molecular flexibility index (Phi) is 3.52. The minimum absolute atomic E-state index is 0.0875. The first kappa shape index (κ1) is 12.2. The van der Waals surface area contributed by atoms with Gasteiger partial charge in [-0.1, -0.05) is 0 Å². The third-order valence-corrected chi connectivity index (χ3v) is 3.44. The standard InChI is InChI=1S/C13H20N2O2/c1-4-17-9-13(16)15-8-7-14-10(2)5-6-12(14)11(15)3/h5-6,11H,4,7-9H2,1-3H3. The summed E-state index contributed by atoms with van der Waals surface area (Å²) in [5, 5.41) is 0. The molecule has 1 amide bonds. The van der Waals surface area contributed by atoms with Crippen molar-refractivity contribution in [1.29, 1.82) is 0 Å². The van der Waals surface area contributed by atoms with Crippen LogP contribution in [-0.2, 0) is 16.1 Å². The second kappa shape index (κ2) is 4.92. The molecular formula is C13H20N2O2. The molecule has 2 heterocycles. The lowest BCUT2D eigenvalue weighted by Gasteiger charge is -2.35. The zero-order valence-corrected chi connectivity index (χ0v) is 10.8. The smallest absolute Gasteiger partial charge is 0.249 e. The minimum atomic E-state index is 0.0875. The molecule has 4 heteroatoms. The highest BCUT2D eigenvalue weighted by Crippen LogP contribution is 2.27. The van der Waals surface area contributed by atoms with Gasteiger partial charge in [0.15, 0.2) is 0 Å². The fraction of sp³-hybridized carbons (Fsp3) is 0.615. The second-order valence-electron chi connectivity index (χ2n) is 4.45. The van der Waals surface area contributed by atoms with Crippen molar-refractivity contribution in [1.82, 2.24) is 9.47 Å². The molecule has 1 aromatic rings. The molecule has 0 spiro atoms. The molecule has 94 valence electrons. The molecule has 2 rings (SSSR count). The van der Waals surface area contributed by atoms with Crippen LogP contribution in [0.2, 0.25) is 0 Å². The zero-order valence-electron chi connectivity index (χ0n) is 10.8. The minimum Gasteiger partial charge on any atom is -0.372 e. The molecule has 4 nitrogen and oxygen atoms in total. The van der Waals surface area contributed by atoms with Crippen molar-refractivity contribution in [3.05, 3.63) is 23.5 Å². The molecule has 17 heavy (non-hydrogen) atoms. The van der Waals surface area contributed by atoms with Crippen molar-refractivity contribution in [3.8, 4) is 0 Å². The lowest BCUT2D eigenvalue weighted by atomic mass is 10.1. The molecule has 0 bridgehead atoms. The summed E-state index contributed by atoms with van der Waals surface area (Å²) in [6.07, 6.45) is 0. The third kappa shape index (κ3) is 2.22. The van der Waals surface area contributed by atoms with E-state index in [1.807, 2.05) is 11.8 Å². The third-order valence-electron chi connectivity index (χ3n) is 3.44. The van der Waals surface area contributed by atoms with Gasteiger partial charge in [0.05, 0.1) is 6.04 Å². The van der Waals surface area contributed by atoms with Crippen molar-refractivity contribution in [3.63, 3.8) is 0 Å². The molecule has 1 aliphatic heterocycles. The monoisotopic (exact) mass is 236 g/mol. The molecule has 1 atom stereocenters. The molecular weight excluding hydrogens is 216 g/mol. The number of rotatable bonds is 3. The Bertz CT molecular complexity index is 412. The van der Waals surface area contributed by atoms with Crippen LogP contribution in [0.1, 0.15) is 31.3 Å². The van der Waals surface area contributed by atoms with Crippen molar-refractivity contribution < 1.29 is 9.53 Å². The Labute approximate surface area is 102 Å². The predicted molar refractivity (Wildman–Crippen MR) is 65.8 cm³/mol. The predicted octanol–water partition coefficient (Wildman–Crippen LogP) is 1.74. The van der Waals surface area contributed by atoms with E-state index >= 15 is 0 Å². The number of carbonyl (C=O) groups excluding carboxylic acids is 1. The van der Waals surface area contributed by atoms with E-state index in [0.29, 0.717) is 6.61 Å². The van der Waals surface area contributed by atoms with Crippen LogP contribution >= 0.6 is 0 Å². The second-order valence-corrected chi connectivity index (χ2v) is 4.45. The van der Waals surface area contributed by atoms with E-state index < -0.39 is 0 Å². The highest BCUT2D eigenvalue weighted by molar-refractivity contribution is 5.78. The number of aromatic nitrogens is 1. The first-order valence-electron chi connectivity index (χ1n) is 6.18. The van der Waals surface area contributed by atoms with Gasteiger partial charge >= 0.3 is 0 Å². The van der Waals surface area contributed by atoms with Crippen molar-refractivity contribution in [2.75, 3.05) is 19.8 Å². The number of hydrogen-bond acceptors (Lipinski definition) is 2. The number of hydrogen-bond donors (Lipinski definition) is 0. The summed E-state index contributed by atoms with van der Waals surface area (Å²) in [7, 11) is 0. The Morgan fingerprint density at radius 2 is 2.24 bits per heavy atom. The summed E-state index contributed by atoms with van der Waals surface area (Å²) in [5.74, 6) is 0.0875. The maximum absolute atomic E-state index is 12.0. The molecule has 0 saturated heterocycles. The highest BCUT2D eigenvalue weighted by Gasteiger charge is 2.27. The molecule has 0 N–H and O–H groups in total. The van der Waals surface area contributed by atoms with Gasteiger partial charge in [0.25, 0.3) is 0 Å². The highest BCUT2D eigenvalue weighted by atomic mass is 16.5. The van der Waals surface area contributed by atoms with Crippen LogP contribution < -0.4 is 0 Å². The van der Waals surface area contributed by atoms with Crippen LogP contribution in [0, 0.1) is 6.92 Å². The quantitative estimate of drug-likeness (QED) is 0.801. The number of fused-ring (bicyclic) bond motifs is 1. The Morgan fingerprint density at radius 3 is 2.94 bits per heavy atom. The van der Waals surface area contributed by atoms with Crippen LogP contribution in [-0.4, -0.2) is 35.1 Å². The molecule has 1 aliphatic rings. The van der Waals surface area contributed by atoms with Gasteiger partial charge in [-0.25, -0.2) is 0 Å². The topological polar surface area (TPSA) is 34.5 Å². The van der Waals surface area contributed by atoms with Gasteiger partial charge in [-0.2, -0.15) is 0 Å². The van der Waals surface area contributed by atoms with Crippen LogP contribution in [0.25, 0.3) is 0 Å². The van der Waals surface area contributed by atoms with E-state index in [9.17, 15) is 4.79 Å². The summed E-state index contributed by atoms with van der Waals surface area (Å²) < 4.78 is 7.48. The van der Waals surface area contributed by atoms with Crippen LogP contribution in [0.4, 0.5) is 0 Å². The Hall–Kier alpha value is -1.29. The van der Waals surface area contributed by atoms with E-state index in [1.54, 1.807) is 0 Å². The van der Waals surface area contributed by atoms with Crippen molar-refractivity contribution in [2.24, 2.45) is 0 Å². The molecule has 0 radical (unpaired) electrons. The summed E-state index contributed by atoms with van der Waals surface area (Å²) in [6, 6.07) is 4.37. The Balaban J connectivity index is 2.11. The van der Waals surface area contributed by atoms with E-state index in [2.05, 4.69) is 30.5 Å². The molecule has 0 aliphatic carbocycles. The Morgan fingerprint density at radius 1 is 1.47 bits per heavy atom. The van der Waals surface area contributed by atoms with Gasteiger partial charge in [-0.3, -0.25) is 4.79 Å². The molecule has 0 saturated carbocycles. The first-order chi connectivity index (χ1) is 8.15. The molecule has 1 unspecified atom stereocenters. The fourth-order valence-electron chi connectivity index (χ4n) is 2.43. The van der Waals surface area contributed by atoms with Gasteiger partial charge in [-0.05, 0) is 32.9 Å².